The number of aryl methyl sites for hydroxylation is 3. The molecule has 0 radical (unpaired) electrons. The Morgan fingerprint density at radius 3 is 2.44 bits per heavy atom. The maximum absolute atomic E-state index is 5.89. The molecule has 0 bridgehead atoms. The van der Waals surface area contributed by atoms with Crippen molar-refractivity contribution in [1.29, 1.82) is 0 Å². The highest BCUT2D eigenvalue weighted by Gasteiger charge is 2.35. The largest absolute Gasteiger partial charge is 0.351 e. The number of anilines is 1. The first-order chi connectivity index (χ1) is 16.4. The van der Waals surface area contributed by atoms with Crippen molar-refractivity contribution in [2.45, 2.75) is 40.2 Å². The molecule has 5 nitrogen and oxygen atoms in total. The van der Waals surface area contributed by atoms with Crippen molar-refractivity contribution >= 4 is 39.9 Å². The van der Waals surface area contributed by atoms with Crippen LogP contribution in [0.2, 0.25) is 0 Å². The normalized spacial score (nSPS) is 16.2. The monoisotopic (exact) mass is 486 g/mol. The van der Waals surface area contributed by atoms with Crippen molar-refractivity contribution in [1.82, 2.24) is 15.5 Å². The third-order valence-electron chi connectivity index (χ3n) is 6.07. The lowest BCUT2D eigenvalue weighted by Crippen LogP contribution is -2.46. The number of nitrogens with zero attached hydrogens (tertiary/aromatic N) is 3. The first kappa shape index (κ1) is 22.5. The molecule has 4 aromatic rings. The molecule has 0 fully saturated rings. The average molecular weight is 487 g/mol. The lowest BCUT2D eigenvalue weighted by Gasteiger charge is -2.37. The Kier molecular flexibility index (Phi) is 6.06. The van der Waals surface area contributed by atoms with Crippen molar-refractivity contribution in [2.24, 2.45) is 0 Å². The predicted octanol–water partition coefficient (Wildman–Crippen LogP) is 6.84. The third kappa shape index (κ3) is 4.17. The topological polar surface area (TPSA) is 54.2 Å². The zero-order chi connectivity index (χ0) is 23.8. The number of hydrogen-bond acceptors (Lipinski definition) is 5. The molecule has 1 atom stereocenters. The van der Waals surface area contributed by atoms with E-state index in [0.717, 1.165) is 33.8 Å². The molecule has 0 aliphatic carbocycles. The molecule has 0 spiro atoms. The zero-order valence-corrected chi connectivity index (χ0v) is 21.3. The van der Waals surface area contributed by atoms with Gasteiger partial charge in [0.2, 0.25) is 5.82 Å². The van der Waals surface area contributed by atoms with Crippen LogP contribution in [0.5, 0.6) is 0 Å². The lowest BCUT2D eigenvalue weighted by molar-refractivity contribution is 0.404. The van der Waals surface area contributed by atoms with Gasteiger partial charge in [-0.3, -0.25) is 4.90 Å². The average Bonchev–Trinajstić information content (AvgIpc) is 3.50. The van der Waals surface area contributed by atoms with Crippen LogP contribution in [-0.4, -0.2) is 15.3 Å². The van der Waals surface area contributed by atoms with Gasteiger partial charge in [-0.1, -0.05) is 48.5 Å². The fourth-order valence-corrected chi connectivity index (χ4v) is 5.45. The lowest BCUT2D eigenvalue weighted by atomic mass is 9.93. The van der Waals surface area contributed by atoms with Crippen LogP contribution in [0, 0.1) is 13.8 Å². The summed E-state index contributed by atoms with van der Waals surface area (Å²) in [4.78, 5) is 7.83. The van der Waals surface area contributed by atoms with Gasteiger partial charge in [-0.2, -0.15) is 4.98 Å². The quantitative estimate of drug-likeness (QED) is 0.312. The van der Waals surface area contributed by atoms with E-state index in [1.54, 1.807) is 11.3 Å². The Labute approximate surface area is 209 Å². The number of nitrogens with one attached hydrogen (secondary N) is 1. The summed E-state index contributed by atoms with van der Waals surface area (Å²) in [5.74, 6) is 1.09. The smallest absolute Gasteiger partial charge is 0.258 e. The maximum atomic E-state index is 5.89. The summed E-state index contributed by atoms with van der Waals surface area (Å²) in [6, 6.07) is 18.9. The molecule has 0 amide bonds. The SMILES string of the molecule is CCc1ccc(C2NC(=S)N(c3cc(C)cc(C)c3)C(C)=C2c2nc(-c3cccs3)no2)cc1. The van der Waals surface area contributed by atoms with Gasteiger partial charge in [0, 0.05) is 11.4 Å². The molecule has 5 rings (SSSR count). The van der Waals surface area contributed by atoms with Gasteiger partial charge >= 0.3 is 0 Å². The van der Waals surface area contributed by atoms with Crippen LogP contribution in [0.3, 0.4) is 0 Å². The molecule has 2 aromatic carbocycles. The summed E-state index contributed by atoms with van der Waals surface area (Å²) in [5.41, 5.74) is 7.67. The highest BCUT2D eigenvalue weighted by Crippen LogP contribution is 2.39. The van der Waals surface area contributed by atoms with Gasteiger partial charge in [0.1, 0.15) is 0 Å². The van der Waals surface area contributed by atoms with Crippen LogP contribution in [0.4, 0.5) is 5.69 Å². The fourth-order valence-electron chi connectivity index (χ4n) is 4.45. The molecule has 0 saturated carbocycles. The van der Waals surface area contributed by atoms with Crippen LogP contribution in [0.15, 0.2) is 70.2 Å². The number of thiophene rings is 1. The Hall–Kier alpha value is -3.29. The van der Waals surface area contributed by atoms with Crippen molar-refractivity contribution in [3.8, 4) is 10.7 Å². The van der Waals surface area contributed by atoms with Gasteiger partial charge in [-0.05, 0) is 85.2 Å². The number of thiocarbonyl (C=S) groups is 1. The number of rotatable bonds is 5. The van der Waals surface area contributed by atoms with Crippen molar-refractivity contribution in [2.75, 3.05) is 4.90 Å². The molecule has 1 N–H and O–H groups in total. The molecule has 7 heteroatoms. The third-order valence-corrected chi connectivity index (χ3v) is 7.23. The summed E-state index contributed by atoms with van der Waals surface area (Å²) in [6.45, 7) is 8.42. The van der Waals surface area contributed by atoms with Gasteiger partial charge in [-0.25, -0.2) is 0 Å². The minimum atomic E-state index is -0.197. The van der Waals surface area contributed by atoms with Gasteiger partial charge in [0.05, 0.1) is 16.5 Å². The molecule has 1 unspecified atom stereocenters. The molecule has 172 valence electrons. The van der Waals surface area contributed by atoms with Crippen LogP contribution in [0.1, 0.15) is 48.0 Å². The summed E-state index contributed by atoms with van der Waals surface area (Å²) in [7, 11) is 0. The minimum absolute atomic E-state index is 0.197. The molecule has 0 saturated heterocycles. The summed E-state index contributed by atoms with van der Waals surface area (Å²) < 4.78 is 5.84. The van der Waals surface area contributed by atoms with E-state index in [0.29, 0.717) is 16.8 Å². The fraction of sp³-hybridized carbons (Fsp3) is 0.222. The molecule has 34 heavy (non-hydrogen) atoms. The first-order valence-corrected chi connectivity index (χ1v) is 12.6. The second-order valence-electron chi connectivity index (χ2n) is 8.56. The number of aromatic nitrogens is 2. The zero-order valence-electron chi connectivity index (χ0n) is 19.6. The van der Waals surface area contributed by atoms with Crippen molar-refractivity contribution < 1.29 is 4.52 Å². The molecular formula is C27H26N4OS2. The van der Waals surface area contributed by atoms with Gasteiger partial charge in [0.15, 0.2) is 5.11 Å². The standard InChI is InChI=1S/C27H26N4OS2/c1-5-19-8-10-20(11-9-19)24-23(26-29-25(30-32-26)22-7-6-12-34-22)18(4)31(27(33)28-24)21-14-16(2)13-17(3)15-21/h6-15,24H,5H2,1-4H3,(H,28,33). The molecule has 1 aliphatic heterocycles. The van der Waals surface area contributed by atoms with E-state index in [4.69, 9.17) is 21.7 Å². The highest BCUT2D eigenvalue weighted by molar-refractivity contribution is 7.80. The maximum Gasteiger partial charge on any atom is 0.258 e. The van der Waals surface area contributed by atoms with Gasteiger partial charge in [-0.15, -0.1) is 11.3 Å². The number of benzene rings is 2. The highest BCUT2D eigenvalue weighted by atomic mass is 32.1. The Morgan fingerprint density at radius 2 is 1.79 bits per heavy atom. The van der Waals surface area contributed by atoms with E-state index in [9.17, 15) is 0 Å². The summed E-state index contributed by atoms with van der Waals surface area (Å²) >= 11 is 7.48. The minimum Gasteiger partial charge on any atom is -0.351 e. The van der Waals surface area contributed by atoms with Gasteiger partial charge in [0.25, 0.3) is 5.89 Å². The van der Waals surface area contributed by atoms with Crippen LogP contribution in [-0.2, 0) is 6.42 Å². The Balaban J connectivity index is 1.66. The number of allylic oxidation sites excluding steroid dienone is 1. The van der Waals surface area contributed by atoms with Crippen LogP contribution < -0.4 is 10.2 Å². The number of hydrogen-bond donors (Lipinski definition) is 1. The van der Waals surface area contributed by atoms with Crippen molar-refractivity contribution in [3.63, 3.8) is 0 Å². The first-order valence-electron chi connectivity index (χ1n) is 11.3. The predicted molar refractivity (Wildman–Crippen MR) is 143 cm³/mol. The van der Waals surface area contributed by atoms with Crippen LogP contribution in [0.25, 0.3) is 16.3 Å². The second-order valence-corrected chi connectivity index (χ2v) is 9.89. The Morgan fingerprint density at radius 1 is 1.06 bits per heavy atom. The van der Waals surface area contributed by atoms with E-state index in [1.165, 1.54) is 16.7 Å². The molecular weight excluding hydrogens is 460 g/mol. The van der Waals surface area contributed by atoms with E-state index in [2.05, 4.69) is 85.5 Å². The molecule has 1 aliphatic rings. The Bertz CT molecular complexity index is 1350. The summed E-state index contributed by atoms with van der Waals surface area (Å²) in [5, 5.41) is 10.5. The van der Waals surface area contributed by atoms with E-state index in [-0.39, 0.29) is 6.04 Å². The van der Waals surface area contributed by atoms with Gasteiger partial charge < -0.3 is 9.84 Å². The van der Waals surface area contributed by atoms with E-state index in [1.807, 2.05) is 17.5 Å². The molecule has 2 aromatic heterocycles. The van der Waals surface area contributed by atoms with E-state index < -0.39 is 0 Å². The second kappa shape index (κ2) is 9.16. The molecule has 3 heterocycles. The van der Waals surface area contributed by atoms with Crippen molar-refractivity contribution in [3.05, 3.63) is 93.8 Å². The summed E-state index contributed by atoms with van der Waals surface area (Å²) in [6.07, 6.45) is 0.993. The van der Waals surface area contributed by atoms with Crippen LogP contribution >= 0.6 is 23.6 Å². The van der Waals surface area contributed by atoms with E-state index >= 15 is 0 Å².